The van der Waals surface area contributed by atoms with Crippen LogP contribution in [0.1, 0.15) is 11.3 Å². The predicted molar refractivity (Wildman–Crippen MR) is 78.0 cm³/mol. The molecule has 1 atom stereocenters. The van der Waals surface area contributed by atoms with E-state index >= 15 is 0 Å². The highest BCUT2D eigenvalue weighted by atomic mass is 16.6. The molecule has 2 aromatic rings. The van der Waals surface area contributed by atoms with Crippen LogP contribution >= 0.6 is 0 Å². The maximum absolute atomic E-state index is 11.3. The molecule has 0 aliphatic rings. The summed E-state index contributed by atoms with van der Waals surface area (Å²) in [4.78, 5) is 21.7. The van der Waals surface area contributed by atoms with E-state index in [1.807, 2.05) is 0 Å². The second-order valence-electron chi connectivity index (χ2n) is 4.93. The van der Waals surface area contributed by atoms with Gasteiger partial charge in [-0.15, -0.1) is 0 Å². The number of benzene rings is 1. The van der Waals surface area contributed by atoms with Crippen molar-refractivity contribution < 1.29 is 14.8 Å². The van der Waals surface area contributed by atoms with Crippen LogP contribution in [0.15, 0.2) is 12.1 Å². The summed E-state index contributed by atoms with van der Waals surface area (Å²) in [7, 11) is 1.76. The van der Waals surface area contributed by atoms with Crippen molar-refractivity contribution in [1.29, 1.82) is 0 Å². The number of hydrogen-bond acceptors (Lipinski definition) is 5. The first kappa shape index (κ1) is 14.8. The van der Waals surface area contributed by atoms with Gasteiger partial charge in [0.05, 0.1) is 15.8 Å². The monoisotopic (exact) mass is 292 g/mol. The summed E-state index contributed by atoms with van der Waals surface area (Å²) >= 11 is 0. The smallest absolute Gasteiger partial charge is 0.320 e. The number of carbonyl (C=O) groups is 1. The number of carboxylic acids is 1. The lowest BCUT2D eigenvalue weighted by Crippen LogP contribution is -2.32. The maximum Gasteiger partial charge on any atom is 0.320 e. The van der Waals surface area contributed by atoms with E-state index in [1.165, 1.54) is 6.07 Å². The van der Waals surface area contributed by atoms with E-state index in [4.69, 9.17) is 16.6 Å². The molecule has 112 valence electrons. The summed E-state index contributed by atoms with van der Waals surface area (Å²) < 4.78 is 1.77. The normalized spacial score (nSPS) is 12.5. The van der Waals surface area contributed by atoms with E-state index in [0.29, 0.717) is 16.5 Å². The standard InChI is InChI=1S/C13H16N4O4/c1-6-7(5-9(15)13(18)19)11-10(16(6)2)4-3-8(14)12(11)17(20)21/h3-4,9H,5,14-15H2,1-2H3,(H,18,19). The molecule has 1 unspecified atom stereocenters. The van der Waals surface area contributed by atoms with Crippen molar-refractivity contribution in [3.05, 3.63) is 33.5 Å². The topological polar surface area (TPSA) is 137 Å². The number of anilines is 1. The van der Waals surface area contributed by atoms with E-state index in [0.717, 1.165) is 5.69 Å². The molecule has 0 amide bonds. The number of carboxylic acid groups (broad SMARTS) is 1. The largest absolute Gasteiger partial charge is 0.480 e. The Hall–Kier alpha value is -2.61. The van der Waals surface area contributed by atoms with E-state index in [9.17, 15) is 14.9 Å². The van der Waals surface area contributed by atoms with Crippen molar-refractivity contribution in [2.75, 3.05) is 5.73 Å². The number of aromatic nitrogens is 1. The first-order chi connectivity index (χ1) is 9.75. The van der Waals surface area contributed by atoms with Gasteiger partial charge >= 0.3 is 11.7 Å². The quantitative estimate of drug-likeness (QED) is 0.435. The van der Waals surface area contributed by atoms with Crippen LogP contribution in [0.5, 0.6) is 0 Å². The van der Waals surface area contributed by atoms with Gasteiger partial charge in [-0.2, -0.15) is 0 Å². The first-order valence-electron chi connectivity index (χ1n) is 6.24. The van der Waals surface area contributed by atoms with Crippen molar-refractivity contribution in [1.82, 2.24) is 4.57 Å². The van der Waals surface area contributed by atoms with Gasteiger partial charge in [-0.05, 0) is 24.6 Å². The maximum atomic E-state index is 11.3. The summed E-state index contributed by atoms with van der Waals surface area (Å²) in [5, 5.41) is 20.6. The van der Waals surface area contributed by atoms with Gasteiger partial charge in [-0.3, -0.25) is 14.9 Å². The van der Waals surface area contributed by atoms with E-state index < -0.39 is 16.9 Å². The number of nitro groups is 1. The van der Waals surface area contributed by atoms with E-state index in [-0.39, 0.29) is 17.8 Å². The van der Waals surface area contributed by atoms with Crippen LogP contribution in [0.4, 0.5) is 11.4 Å². The number of aryl methyl sites for hydroxylation is 1. The summed E-state index contributed by atoms with van der Waals surface area (Å²) in [5.74, 6) is -1.15. The minimum absolute atomic E-state index is 0.00278. The van der Waals surface area contributed by atoms with E-state index in [2.05, 4.69) is 0 Å². The molecule has 0 saturated heterocycles. The Balaban J connectivity index is 2.80. The molecule has 0 bridgehead atoms. The van der Waals surface area contributed by atoms with Crippen LogP contribution in [0.25, 0.3) is 10.9 Å². The molecule has 0 radical (unpaired) electrons. The Labute approximate surface area is 120 Å². The number of hydrogen-bond donors (Lipinski definition) is 3. The van der Waals surface area contributed by atoms with Gasteiger partial charge in [0.25, 0.3) is 0 Å². The van der Waals surface area contributed by atoms with Gasteiger partial charge < -0.3 is 21.1 Å². The molecule has 0 spiro atoms. The third-order valence-corrected chi connectivity index (χ3v) is 3.71. The average Bonchev–Trinajstić information content (AvgIpc) is 2.63. The number of fused-ring (bicyclic) bond motifs is 1. The van der Waals surface area contributed by atoms with Crippen molar-refractivity contribution in [3.8, 4) is 0 Å². The molecule has 0 aliphatic heterocycles. The zero-order valence-electron chi connectivity index (χ0n) is 11.7. The predicted octanol–water partition coefficient (Wildman–Crippen LogP) is 0.932. The second-order valence-corrected chi connectivity index (χ2v) is 4.93. The molecule has 8 nitrogen and oxygen atoms in total. The number of nitrogens with zero attached hydrogens (tertiary/aromatic N) is 2. The summed E-state index contributed by atoms with van der Waals surface area (Å²) in [6.45, 7) is 1.77. The van der Waals surface area contributed by atoms with Crippen molar-refractivity contribution >= 4 is 28.2 Å². The number of nitro benzene ring substituents is 1. The number of nitrogens with two attached hydrogens (primary N) is 2. The lowest BCUT2D eigenvalue weighted by molar-refractivity contribution is -0.382. The molecule has 0 fully saturated rings. The molecule has 1 aromatic carbocycles. The highest BCUT2D eigenvalue weighted by molar-refractivity contribution is 5.98. The van der Waals surface area contributed by atoms with Gasteiger partial charge in [0.15, 0.2) is 0 Å². The summed E-state index contributed by atoms with van der Waals surface area (Å²) in [5.41, 5.74) is 13.0. The van der Waals surface area contributed by atoms with Crippen LogP contribution in [-0.2, 0) is 18.3 Å². The fourth-order valence-corrected chi connectivity index (χ4v) is 2.49. The Bertz CT molecular complexity index is 750. The van der Waals surface area contributed by atoms with Gasteiger partial charge in [-0.25, -0.2) is 0 Å². The second kappa shape index (κ2) is 5.06. The molecule has 0 saturated carbocycles. The van der Waals surface area contributed by atoms with Crippen molar-refractivity contribution in [2.45, 2.75) is 19.4 Å². The zero-order chi connectivity index (χ0) is 15.9. The molecular weight excluding hydrogens is 276 g/mol. The molecule has 5 N–H and O–H groups in total. The Kier molecular flexibility index (Phi) is 3.56. The van der Waals surface area contributed by atoms with Gasteiger partial charge in [0.1, 0.15) is 11.7 Å². The lowest BCUT2D eigenvalue weighted by Gasteiger charge is -2.07. The van der Waals surface area contributed by atoms with Gasteiger partial charge in [0, 0.05) is 19.2 Å². The fraction of sp³-hybridized carbons (Fsp3) is 0.308. The number of rotatable bonds is 4. The number of nitrogen functional groups attached to an aromatic ring is 1. The Morgan fingerprint density at radius 2 is 2.14 bits per heavy atom. The van der Waals surface area contributed by atoms with Gasteiger partial charge in [-0.1, -0.05) is 0 Å². The summed E-state index contributed by atoms with van der Waals surface area (Å²) in [6.07, 6.45) is 0.00278. The Morgan fingerprint density at radius 1 is 1.52 bits per heavy atom. The van der Waals surface area contributed by atoms with Crippen LogP contribution in [-0.4, -0.2) is 26.6 Å². The molecule has 0 aliphatic carbocycles. The van der Waals surface area contributed by atoms with Crippen LogP contribution < -0.4 is 11.5 Å². The zero-order valence-corrected chi connectivity index (χ0v) is 11.7. The molecular formula is C13H16N4O4. The van der Waals surface area contributed by atoms with E-state index in [1.54, 1.807) is 24.6 Å². The molecule has 1 heterocycles. The fourth-order valence-electron chi connectivity index (χ4n) is 2.49. The molecule has 21 heavy (non-hydrogen) atoms. The van der Waals surface area contributed by atoms with Gasteiger partial charge in [0.2, 0.25) is 0 Å². The highest BCUT2D eigenvalue weighted by Gasteiger charge is 2.26. The highest BCUT2D eigenvalue weighted by Crippen LogP contribution is 2.37. The average molecular weight is 292 g/mol. The SMILES string of the molecule is Cc1c(CC(N)C(=O)O)c2c([N+](=O)[O-])c(N)ccc2n1C. The first-order valence-corrected chi connectivity index (χ1v) is 6.24. The third kappa shape index (κ3) is 2.29. The lowest BCUT2D eigenvalue weighted by atomic mass is 10.0. The Morgan fingerprint density at radius 3 is 2.67 bits per heavy atom. The third-order valence-electron chi connectivity index (χ3n) is 3.71. The molecule has 2 rings (SSSR count). The van der Waals surface area contributed by atoms with Crippen molar-refractivity contribution in [2.24, 2.45) is 12.8 Å². The minimum atomic E-state index is -1.15. The summed E-state index contributed by atoms with van der Waals surface area (Å²) in [6, 6.07) is 2.02. The molecule has 8 heteroatoms. The van der Waals surface area contributed by atoms with Crippen LogP contribution in [0.3, 0.4) is 0 Å². The van der Waals surface area contributed by atoms with Crippen molar-refractivity contribution in [3.63, 3.8) is 0 Å². The van der Waals surface area contributed by atoms with Crippen LogP contribution in [0.2, 0.25) is 0 Å². The number of aliphatic carboxylic acids is 1. The minimum Gasteiger partial charge on any atom is -0.480 e. The molecule has 1 aromatic heterocycles. The van der Waals surface area contributed by atoms with Crippen LogP contribution in [0, 0.1) is 17.0 Å².